The van der Waals surface area contributed by atoms with Gasteiger partial charge in [0.1, 0.15) is 0 Å². The van der Waals surface area contributed by atoms with Gasteiger partial charge in [0.15, 0.2) is 0 Å². The van der Waals surface area contributed by atoms with Crippen molar-refractivity contribution in [1.82, 2.24) is 0 Å². The number of nitrogens with one attached hydrogen (secondary N) is 1. The molecule has 0 atom stereocenters. The molecule has 1 aliphatic rings. The van der Waals surface area contributed by atoms with E-state index in [0.717, 1.165) is 32.4 Å². The molecule has 0 saturated heterocycles. The van der Waals surface area contributed by atoms with Crippen LogP contribution in [0, 0.1) is 5.41 Å². The van der Waals surface area contributed by atoms with Crippen molar-refractivity contribution in [1.29, 1.82) is 5.41 Å². The van der Waals surface area contributed by atoms with Crippen molar-refractivity contribution >= 4 is 32.0 Å². The molecule has 0 aromatic heterocycles. The summed E-state index contributed by atoms with van der Waals surface area (Å²) in [4.78, 5) is 4.42. The van der Waals surface area contributed by atoms with Gasteiger partial charge >= 0.3 is 0 Å². The molecular weight excluding hydrogens is 292 g/mol. The normalized spacial score (nSPS) is 16.4. The lowest BCUT2D eigenvalue weighted by Crippen LogP contribution is -2.03. The van der Waals surface area contributed by atoms with Crippen LogP contribution in [0.5, 0.6) is 0 Å². The molecule has 0 saturated carbocycles. The Morgan fingerprint density at radius 3 is 2.95 bits per heavy atom. The number of hydrogen-bond acceptors (Lipinski definition) is 6. The maximum Gasteiger partial charge on any atom is 0.257 e. The van der Waals surface area contributed by atoms with Gasteiger partial charge in [0.2, 0.25) is 0 Å². The largest absolute Gasteiger partial charge is 0.473 e. The molecule has 0 aromatic rings. The summed E-state index contributed by atoms with van der Waals surface area (Å²) < 4.78 is 11.0. The van der Waals surface area contributed by atoms with Crippen molar-refractivity contribution in [2.75, 3.05) is 19.8 Å². The molecule has 0 amide bonds. The number of aliphatic imine (C=N–C) groups is 1. The summed E-state index contributed by atoms with van der Waals surface area (Å²) in [5.41, 5.74) is 0. The van der Waals surface area contributed by atoms with Crippen LogP contribution in [-0.2, 0) is 9.47 Å². The molecule has 0 bridgehead atoms. The van der Waals surface area contributed by atoms with Gasteiger partial charge in [-0.25, -0.2) is 4.99 Å². The minimum Gasteiger partial charge on any atom is -0.473 e. The van der Waals surface area contributed by atoms with E-state index in [-0.39, 0.29) is 5.23 Å². The minimum atomic E-state index is 0.248. The quantitative estimate of drug-likeness (QED) is 0.341. The molecule has 1 N–H and O–H groups in total. The maximum atomic E-state index is 7.74. The lowest BCUT2D eigenvalue weighted by Gasteiger charge is -2.08. The molecule has 0 unspecified atom stereocenters. The molecule has 116 valence electrons. The molecule has 0 spiro atoms. The smallest absolute Gasteiger partial charge is 0.257 e. The number of nitrogens with zero attached hydrogens (tertiary/aromatic N) is 1. The summed E-state index contributed by atoms with van der Waals surface area (Å²) in [6.07, 6.45) is 9.34. The van der Waals surface area contributed by atoms with Crippen molar-refractivity contribution in [2.45, 2.75) is 58.3 Å². The summed E-state index contributed by atoms with van der Waals surface area (Å²) in [6, 6.07) is 0. The molecule has 0 fully saturated rings. The topological polar surface area (TPSA) is 54.7 Å². The highest BCUT2D eigenvalue weighted by molar-refractivity contribution is 8.87. The average molecular weight is 319 g/mol. The zero-order chi connectivity index (χ0) is 14.5. The maximum absolute atomic E-state index is 7.74. The summed E-state index contributed by atoms with van der Waals surface area (Å²) in [5.74, 6) is 0. The molecule has 6 heteroatoms. The van der Waals surface area contributed by atoms with E-state index in [1.54, 1.807) is 0 Å². The van der Waals surface area contributed by atoms with Crippen LogP contribution in [0.4, 0.5) is 0 Å². The molecule has 1 heterocycles. The van der Waals surface area contributed by atoms with Gasteiger partial charge in [-0.2, -0.15) is 0 Å². The van der Waals surface area contributed by atoms with Crippen LogP contribution in [-0.4, -0.2) is 30.2 Å². The van der Waals surface area contributed by atoms with E-state index in [4.69, 9.17) is 14.9 Å². The van der Waals surface area contributed by atoms with E-state index in [0.29, 0.717) is 11.8 Å². The van der Waals surface area contributed by atoms with E-state index in [2.05, 4.69) is 11.9 Å². The first-order valence-electron chi connectivity index (χ1n) is 7.56. The van der Waals surface area contributed by atoms with Crippen LogP contribution in [0.1, 0.15) is 58.3 Å². The SMILES string of the molecule is CCCCCCOC(=N)SSC1=NCCCCCCO1. The number of rotatable bonds is 5. The number of ether oxygens (including phenoxy) is 2. The van der Waals surface area contributed by atoms with Crippen LogP contribution < -0.4 is 0 Å². The molecule has 1 aliphatic heterocycles. The third-order valence-electron chi connectivity index (χ3n) is 2.94. The standard InChI is InChI=1S/C14H26N2O2S2/c1-2-3-4-8-11-17-13(15)19-20-14-16-10-7-5-6-9-12-18-14/h15H,2-12H2,1H3. The molecule has 0 radical (unpaired) electrons. The Morgan fingerprint density at radius 2 is 2.10 bits per heavy atom. The molecule has 4 nitrogen and oxygen atoms in total. The lowest BCUT2D eigenvalue weighted by molar-refractivity contribution is 0.299. The monoisotopic (exact) mass is 318 g/mol. The third kappa shape index (κ3) is 9.53. The first-order chi connectivity index (χ1) is 9.83. The van der Waals surface area contributed by atoms with E-state index in [1.165, 1.54) is 53.7 Å². The second-order valence-electron chi connectivity index (χ2n) is 4.77. The van der Waals surface area contributed by atoms with Crippen LogP contribution in [0.2, 0.25) is 0 Å². The summed E-state index contributed by atoms with van der Waals surface area (Å²) in [6.45, 7) is 4.39. The van der Waals surface area contributed by atoms with Gasteiger partial charge in [-0.05, 0) is 25.7 Å². The Morgan fingerprint density at radius 1 is 1.25 bits per heavy atom. The van der Waals surface area contributed by atoms with Crippen LogP contribution in [0.15, 0.2) is 4.99 Å². The van der Waals surface area contributed by atoms with Crippen LogP contribution >= 0.6 is 21.6 Å². The van der Waals surface area contributed by atoms with Crippen LogP contribution in [0.25, 0.3) is 0 Å². The second-order valence-corrected chi connectivity index (χ2v) is 6.83. The summed E-state index contributed by atoms with van der Waals surface area (Å²) in [7, 11) is 2.69. The van der Waals surface area contributed by atoms with E-state index < -0.39 is 0 Å². The fourth-order valence-electron chi connectivity index (χ4n) is 1.78. The Hall–Kier alpha value is -0.360. The van der Waals surface area contributed by atoms with Crippen molar-refractivity contribution in [3.63, 3.8) is 0 Å². The average Bonchev–Trinajstić information content (AvgIpc) is 2.58. The fourth-order valence-corrected chi connectivity index (χ4v) is 3.23. The predicted molar refractivity (Wildman–Crippen MR) is 89.7 cm³/mol. The van der Waals surface area contributed by atoms with E-state index in [1.807, 2.05) is 0 Å². The van der Waals surface area contributed by atoms with Crippen molar-refractivity contribution < 1.29 is 9.47 Å². The number of hydrogen-bond donors (Lipinski definition) is 1. The van der Waals surface area contributed by atoms with E-state index >= 15 is 0 Å². The van der Waals surface area contributed by atoms with Crippen LogP contribution in [0.3, 0.4) is 0 Å². The van der Waals surface area contributed by atoms with Gasteiger partial charge in [-0.1, -0.05) is 32.6 Å². The molecular formula is C14H26N2O2S2. The lowest BCUT2D eigenvalue weighted by atomic mass is 10.2. The Balaban J connectivity index is 2.11. The first kappa shape index (κ1) is 17.7. The highest BCUT2D eigenvalue weighted by Gasteiger charge is 2.08. The van der Waals surface area contributed by atoms with Gasteiger partial charge in [-0.15, -0.1) is 0 Å². The van der Waals surface area contributed by atoms with E-state index in [9.17, 15) is 0 Å². The van der Waals surface area contributed by atoms with Gasteiger partial charge in [0, 0.05) is 28.1 Å². The molecule has 0 aliphatic carbocycles. The Bertz CT molecular complexity index is 299. The van der Waals surface area contributed by atoms with Crippen molar-refractivity contribution in [2.24, 2.45) is 4.99 Å². The third-order valence-corrected chi connectivity index (χ3v) is 4.81. The highest BCUT2D eigenvalue weighted by atomic mass is 33.1. The Labute approximate surface area is 130 Å². The Kier molecular flexibility index (Phi) is 11.0. The van der Waals surface area contributed by atoms with Gasteiger partial charge in [-0.3, -0.25) is 5.41 Å². The van der Waals surface area contributed by atoms with Gasteiger partial charge in [0.05, 0.1) is 13.2 Å². The predicted octanol–water partition coefficient (Wildman–Crippen LogP) is 4.85. The summed E-state index contributed by atoms with van der Waals surface area (Å²) in [5, 5.41) is 8.68. The first-order valence-corrected chi connectivity index (χ1v) is 9.71. The van der Waals surface area contributed by atoms with Crippen molar-refractivity contribution in [3.8, 4) is 0 Å². The molecule has 0 aromatic carbocycles. The molecule has 20 heavy (non-hydrogen) atoms. The minimum absolute atomic E-state index is 0.248. The van der Waals surface area contributed by atoms with Crippen molar-refractivity contribution in [3.05, 3.63) is 0 Å². The highest BCUT2D eigenvalue weighted by Crippen LogP contribution is 2.26. The number of unbranched alkanes of at least 4 members (excludes halogenated alkanes) is 3. The second kappa shape index (κ2) is 12.4. The van der Waals surface area contributed by atoms with Gasteiger partial charge in [0.25, 0.3) is 10.5 Å². The summed E-state index contributed by atoms with van der Waals surface area (Å²) >= 11 is 0. The zero-order valence-corrected chi connectivity index (χ0v) is 14.0. The van der Waals surface area contributed by atoms with Gasteiger partial charge < -0.3 is 9.47 Å². The fraction of sp³-hybridized carbons (Fsp3) is 0.857. The zero-order valence-electron chi connectivity index (χ0n) is 12.4. The molecule has 1 rings (SSSR count).